The van der Waals surface area contributed by atoms with Crippen molar-refractivity contribution in [3.63, 3.8) is 0 Å². The number of hydrogen-bond donors (Lipinski definition) is 1. The zero-order chi connectivity index (χ0) is 21.6. The van der Waals surface area contributed by atoms with Gasteiger partial charge in [-0.1, -0.05) is 24.3 Å². The van der Waals surface area contributed by atoms with Crippen LogP contribution in [0, 0.1) is 5.82 Å². The largest absolute Gasteiger partial charge is 0.496 e. The summed E-state index contributed by atoms with van der Waals surface area (Å²) in [5, 5.41) is 10.3. The maximum Gasteiger partial charge on any atom is 0.243 e. The Balaban J connectivity index is 1.44. The molecule has 3 rings (SSSR count). The molecule has 0 radical (unpaired) electrons. The molecule has 0 bridgehead atoms. The van der Waals surface area contributed by atoms with Crippen LogP contribution in [0.2, 0.25) is 0 Å². The second kappa shape index (κ2) is 10.3. The van der Waals surface area contributed by atoms with Crippen molar-refractivity contribution in [1.29, 1.82) is 0 Å². The summed E-state index contributed by atoms with van der Waals surface area (Å²) < 4.78 is 50.9. The normalized spacial score (nSPS) is 17.0. The van der Waals surface area contributed by atoms with Crippen molar-refractivity contribution < 1.29 is 27.4 Å². The van der Waals surface area contributed by atoms with Crippen LogP contribution in [0.25, 0.3) is 0 Å². The van der Waals surface area contributed by atoms with Crippen molar-refractivity contribution in [2.75, 3.05) is 46.4 Å². The molecule has 1 aliphatic heterocycles. The molecule has 0 spiro atoms. The highest BCUT2D eigenvalue weighted by Gasteiger charge is 2.29. The van der Waals surface area contributed by atoms with Crippen LogP contribution in [0.15, 0.2) is 53.4 Å². The van der Waals surface area contributed by atoms with E-state index in [1.807, 2.05) is 29.2 Å². The van der Waals surface area contributed by atoms with Crippen molar-refractivity contribution >= 4 is 10.0 Å². The number of para-hydroxylation sites is 1. The van der Waals surface area contributed by atoms with Gasteiger partial charge in [0.1, 0.15) is 11.6 Å². The number of halogens is 1. The lowest BCUT2D eigenvalue weighted by molar-refractivity contribution is 0.00494. The number of ether oxygens (including phenoxy) is 2. The predicted octanol–water partition coefficient (Wildman–Crippen LogP) is 1.72. The molecule has 2 aromatic rings. The van der Waals surface area contributed by atoms with Gasteiger partial charge in [-0.2, -0.15) is 4.31 Å². The molecule has 1 fully saturated rings. The van der Waals surface area contributed by atoms with Gasteiger partial charge in [0.15, 0.2) is 0 Å². The first-order valence-electron chi connectivity index (χ1n) is 9.76. The average molecular weight is 439 g/mol. The number of rotatable bonds is 9. The summed E-state index contributed by atoms with van der Waals surface area (Å²) >= 11 is 0. The zero-order valence-electron chi connectivity index (χ0n) is 16.9. The Hall–Kier alpha value is -2.04. The summed E-state index contributed by atoms with van der Waals surface area (Å²) in [6.45, 7) is 2.43. The maximum atomic E-state index is 13.4. The second-order valence-electron chi connectivity index (χ2n) is 7.14. The summed E-state index contributed by atoms with van der Waals surface area (Å²) in [5.74, 6) is 0.161. The van der Waals surface area contributed by atoms with E-state index in [9.17, 15) is 17.9 Å². The third kappa shape index (κ3) is 5.77. The van der Waals surface area contributed by atoms with Crippen molar-refractivity contribution in [1.82, 2.24) is 9.21 Å². The Labute approximate surface area is 176 Å². The molecule has 0 amide bonds. The molecule has 1 atom stereocenters. The molecule has 30 heavy (non-hydrogen) atoms. The molecular weight excluding hydrogens is 411 g/mol. The number of aliphatic hydroxyl groups excluding tert-OH is 1. The van der Waals surface area contributed by atoms with Gasteiger partial charge in [0, 0.05) is 38.3 Å². The number of methoxy groups -OCH3 is 1. The van der Waals surface area contributed by atoms with Gasteiger partial charge in [-0.05, 0) is 24.3 Å². The number of aliphatic hydroxyl groups is 1. The highest BCUT2D eigenvalue weighted by atomic mass is 32.2. The minimum Gasteiger partial charge on any atom is -0.496 e. The summed E-state index contributed by atoms with van der Waals surface area (Å²) in [6, 6.07) is 12.6. The van der Waals surface area contributed by atoms with Crippen LogP contribution < -0.4 is 4.74 Å². The molecule has 164 valence electrons. The average Bonchev–Trinajstić information content (AvgIpc) is 2.74. The SMILES string of the molecule is COc1ccccc1COC[C@H](O)CN1CCN(S(=O)(=O)c2cccc(F)c2)CC1. The number of sulfonamides is 1. The van der Waals surface area contributed by atoms with Crippen molar-refractivity contribution in [3.8, 4) is 5.75 Å². The molecule has 2 aromatic carbocycles. The van der Waals surface area contributed by atoms with Crippen LogP contribution >= 0.6 is 0 Å². The number of piperazine rings is 1. The summed E-state index contributed by atoms with van der Waals surface area (Å²) in [5.41, 5.74) is 0.906. The van der Waals surface area contributed by atoms with Crippen LogP contribution in [-0.4, -0.2) is 75.3 Å². The highest BCUT2D eigenvalue weighted by molar-refractivity contribution is 7.89. The number of benzene rings is 2. The van der Waals surface area contributed by atoms with E-state index in [1.54, 1.807) is 7.11 Å². The molecule has 1 N–H and O–H groups in total. The smallest absolute Gasteiger partial charge is 0.243 e. The number of nitrogens with zero attached hydrogens (tertiary/aromatic N) is 2. The molecular formula is C21H27FN2O5S. The van der Waals surface area contributed by atoms with E-state index >= 15 is 0 Å². The van der Waals surface area contributed by atoms with Crippen molar-refractivity contribution in [2.24, 2.45) is 0 Å². The molecule has 1 saturated heterocycles. The quantitative estimate of drug-likeness (QED) is 0.642. The van der Waals surface area contributed by atoms with E-state index in [2.05, 4.69) is 0 Å². The van der Waals surface area contributed by atoms with E-state index in [4.69, 9.17) is 9.47 Å². The van der Waals surface area contributed by atoms with Gasteiger partial charge in [-0.3, -0.25) is 4.90 Å². The minimum atomic E-state index is -3.72. The summed E-state index contributed by atoms with van der Waals surface area (Å²) in [4.78, 5) is 1.95. The van der Waals surface area contributed by atoms with E-state index in [-0.39, 0.29) is 24.6 Å². The van der Waals surface area contributed by atoms with Crippen LogP contribution in [0.1, 0.15) is 5.56 Å². The van der Waals surface area contributed by atoms with Crippen LogP contribution in [0.3, 0.4) is 0 Å². The number of β-amino-alcohol motifs (C(OH)–C–C–N with tert-alkyl or cyclic N) is 1. The topological polar surface area (TPSA) is 79.3 Å². The fourth-order valence-corrected chi connectivity index (χ4v) is 4.86. The highest BCUT2D eigenvalue weighted by Crippen LogP contribution is 2.19. The fourth-order valence-electron chi connectivity index (χ4n) is 3.41. The van der Waals surface area contributed by atoms with Gasteiger partial charge >= 0.3 is 0 Å². The lowest BCUT2D eigenvalue weighted by Gasteiger charge is -2.34. The van der Waals surface area contributed by atoms with Gasteiger partial charge in [0.25, 0.3) is 0 Å². The lowest BCUT2D eigenvalue weighted by atomic mass is 10.2. The molecule has 1 aliphatic rings. The van der Waals surface area contributed by atoms with Gasteiger partial charge < -0.3 is 14.6 Å². The van der Waals surface area contributed by atoms with E-state index in [1.165, 1.54) is 22.5 Å². The maximum absolute atomic E-state index is 13.4. The molecule has 9 heteroatoms. The van der Waals surface area contributed by atoms with Crippen LogP contribution in [-0.2, 0) is 21.4 Å². The Morgan fingerprint density at radius 3 is 2.53 bits per heavy atom. The Morgan fingerprint density at radius 1 is 1.10 bits per heavy atom. The third-order valence-electron chi connectivity index (χ3n) is 4.99. The molecule has 0 saturated carbocycles. The molecule has 0 aliphatic carbocycles. The van der Waals surface area contributed by atoms with Crippen molar-refractivity contribution in [3.05, 3.63) is 59.9 Å². The first-order chi connectivity index (χ1) is 14.4. The Kier molecular flexibility index (Phi) is 7.79. The van der Waals surface area contributed by atoms with Gasteiger partial charge in [0.05, 0.1) is 31.3 Å². The Morgan fingerprint density at radius 2 is 1.83 bits per heavy atom. The second-order valence-corrected chi connectivity index (χ2v) is 9.08. The fraction of sp³-hybridized carbons (Fsp3) is 0.429. The standard InChI is InChI=1S/C21H27FN2O5S/c1-28-21-8-3-2-5-17(21)15-29-16-19(25)14-23-9-11-24(12-10-23)30(26,27)20-7-4-6-18(22)13-20/h2-8,13,19,25H,9-12,14-16H2,1H3/t19-/m1/s1. The summed E-state index contributed by atoms with van der Waals surface area (Å²) in [6.07, 6.45) is -0.689. The van der Waals surface area contributed by atoms with Crippen LogP contribution in [0.4, 0.5) is 4.39 Å². The summed E-state index contributed by atoms with van der Waals surface area (Å²) in [7, 11) is -2.12. The van der Waals surface area contributed by atoms with Gasteiger partial charge in [-0.15, -0.1) is 0 Å². The lowest BCUT2D eigenvalue weighted by Crippen LogP contribution is -2.50. The molecule has 0 aromatic heterocycles. The Bertz CT molecular complexity index is 932. The third-order valence-corrected chi connectivity index (χ3v) is 6.89. The molecule has 7 nitrogen and oxygen atoms in total. The first-order valence-corrected chi connectivity index (χ1v) is 11.2. The van der Waals surface area contributed by atoms with Gasteiger partial charge in [0.2, 0.25) is 10.0 Å². The van der Waals surface area contributed by atoms with E-state index in [0.717, 1.165) is 17.4 Å². The van der Waals surface area contributed by atoms with E-state index in [0.29, 0.717) is 26.2 Å². The minimum absolute atomic E-state index is 0.0410. The van der Waals surface area contributed by atoms with Gasteiger partial charge in [-0.25, -0.2) is 12.8 Å². The molecule has 0 unspecified atom stereocenters. The van der Waals surface area contributed by atoms with Crippen LogP contribution in [0.5, 0.6) is 5.75 Å². The first kappa shape index (κ1) is 22.6. The predicted molar refractivity (Wildman–Crippen MR) is 110 cm³/mol. The zero-order valence-corrected chi connectivity index (χ0v) is 17.7. The monoisotopic (exact) mass is 438 g/mol. The number of hydrogen-bond acceptors (Lipinski definition) is 6. The molecule has 1 heterocycles. The van der Waals surface area contributed by atoms with Crippen molar-refractivity contribution in [2.45, 2.75) is 17.6 Å². The van der Waals surface area contributed by atoms with E-state index < -0.39 is 21.9 Å².